The number of rotatable bonds is 18. The first-order chi connectivity index (χ1) is 41.2. The summed E-state index contributed by atoms with van der Waals surface area (Å²) < 4.78 is 7.26. The molecular formula is C68H74N8NaO11+. The fraction of sp³-hybridized carbons (Fsp3) is 0.353. The molecule has 4 aliphatic heterocycles. The van der Waals surface area contributed by atoms with Gasteiger partial charge in [0.15, 0.2) is 0 Å². The molecule has 0 saturated heterocycles. The van der Waals surface area contributed by atoms with E-state index in [0.717, 1.165) is 83.5 Å². The Labute approximate surface area is 530 Å². The average molecular weight is 1200 g/mol. The van der Waals surface area contributed by atoms with E-state index in [0.29, 0.717) is 95.3 Å². The van der Waals surface area contributed by atoms with Gasteiger partial charge in [0.25, 0.3) is 0 Å². The third kappa shape index (κ3) is 12.5. The van der Waals surface area contributed by atoms with Crippen LogP contribution in [0, 0.1) is 27.7 Å². The number of aliphatic hydroxyl groups excluding tert-OH is 2. The van der Waals surface area contributed by atoms with Crippen molar-refractivity contribution in [3.63, 3.8) is 0 Å². The Kier molecular flexibility index (Phi) is 18.7. The van der Waals surface area contributed by atoms with Gasteiger partial charge in [-0.3, -0.25) is 19.2 Å². The molecule has 0 fully saturated rings. The Balaban J connectivity index is 0.00000922. The number of allylic oxidation sites excluding steroid dienone is 7. The molecule has 0 amide bonds. The normalized spacial score (nSPS) is 14.8. The number of aryl methyl sites for hydroxylation is 5. The predicted molar refractivity (Wildman–Crippen MR) is 338 cm³/mol. The van der Waals surface area contributed by atoms with Crippen molar-refractivity contribution in [3.8, 4) is 0 Å². The summed E-state index contributed by atoms with van der Waals surface area (Å²) in [7, 11) is 0. The van der Waals surface area contributed by atoms with Crippen LogP contribution >= 0.6 is 0 Å². The molecule has 0 radical (unpaired) electrons. The van der Waals surface area contributed by atoms with Gasteiger partial charge in [0.05, 0.1) is 70.0 Å². The van der Waals surface area contributed by atoms with Crippen LogP contribution in [0.3, 0.4) is 0 Å². The zero-order valence-corrected chi connectivity index (χ0v) is 54.1. The third-order valence-corrected chi connectivity index (χ3v) is 17.7. The first kappa shape index (κ1) is 64.4. The third-order valence-electron chi connectivity index (χ3n) is 17.7. The second-order valence-electron chi connectivity index (χ2n) is 23.4. The smallest absolute Gasteiger partial charge is 0.481 e. The number of hydrogen-bond donors (Lipinski definition) is 10. The zero-order chi connectivity index (χ0) is 62.8. The number of carboxylic acid groups (broad SMARTS) is 4. The number of carboxylic acids is 4. The van der Waals surface area contributed by atoms with Crippen LogP contribution in [-0.2, 0) is 30.3 Å². The van der Waals surface area contributed by atoms with Gasteiger partial charge in [-0.2, -0.15) is 0 Å². The number of ether oxygens (including phenoxy) is 1. The molecule has 10 heterocycles. The summed E-state index contributed by atoms with van der Waals surface area (Å²) in [5, 5.41) is 62.2. The van der Waals surface area contributed by atoms with Crippen molar-refractivity contribution >= 4 is 113 Å². The number of H-pyrrole nitrogens is 4. The first-order valence-corrected chi connectivity index (χ1v) is 29.4. The van der Waals surface area contributed by atoms with Gasteiger partial charge in [-0.05, 0) is 224 Å². The zero-order valence-electron chi connectivity index (χ0n) is 52.1. The Morgan fingerprint density at radius 1 is 0.386 bits per heavy atom. The second kappa shape index (κ2) is 25.6. The molecule has 4 aliphatic rings. The number of aromatic amines is 4. The summed E-state index contributed by atoms with van der Waals surface area (Å²) in [6, 6.07) is 15.3. The predicted octanol–water partition coefficient (Wildman–Crippen LogP) is 10.8. The van der Waals surface area contributed by atoms with Gasteiger partial charge >= 0.3 is 53.4 Å². The maximum absolute atomic E-state index is 12.1. The molecule has 0 aromatic carbocycles. The summed E-state index contributed by atoms with van der Waals surface area (Å²) in [6.45, 7) is 22.9. The van der Waals surface area contributed by atoms with E-state index in [4.69, 9.17) is 24.7 Å². The fourth-order valence-corrected chi connectivity index (χ4v) is 13.0. The van der Waals surface area contributed by atoms with Gasteiger partial charge in [0.2, 0.25) is 0 Å². The molecular weight excluding hydrogens is 1130 g/mol. The van der Waals surface area contributed by atoms with E-state index in [1.165, 1.54) is 0 Å². The number of nitrogens with zero attached hydrogens (tertiary/aromatic N) is 4. The summed E-state index contributed by atoms with van der Waals surface area (Å²) in [6.07, 6.45) is -2.74. The molecule has 16 bridgehead atoms. The molecule has 0 saturated carbocycles. The second-order valence-corrected chi connectivity index (χ2v) is 23.4. The van der Waals surface area contributed by atoms with Gasteiger partial charge in [0.1, 0.15) is 0 Å². The monoisotopic (exact) mass is 1200 g/mol. The van der Waals surface area contributed by atoms with Crippen molar-refractivity contribution < 1.29 is 84.1 Å². The van der Waals surface area contributed by atoms with Crippen LogP contribution in [0.25, 0.3) is 88.7 Å². The quantitative estimate of drug-likeness (QED) is 0.0358. The van der Waals surface area contributed by atoms with E-state index >= 15 is 0 Å². The van der Waals surface area contributed by atoms with Gasteiger partial charge in [0, 0.05) is 92.1 Å². The molecule has 10 rings (SSSR count). The maximum atomic E-state index is 12.1. The SMILES string of the molecule is CC1=C(CCC(=O)O)c2cc3nc(cc4[nH]c(cc5[nH]c(cc1n2)c(C)c5C(C)O)c(C)c4C(C)OC(C)C1=C(C)c2cc4nc(cc5[nH]c(cc6[nH]c(cc1n2)c(C)c6C(C)O)c(C)c5CCC(=O)O)C(CCC(=O)O)=C4C)C(C)=C3CCC(=O)O.[Na+]. The van der Waals surface area contributed by atoms with Crippen molar-refractivity contribution in [1.82, 2.24) is 39.9 Å². The maximum Gasteiger partial charge on any atom is 1.00 e. The van der Waals surface area contributed by atoms with E-state index in [1.54, 1.807) is 13.8 Å². The van der Waals surface area contributed by atoms with E-state index in [1.807, 2.05) is 118 Å². The van der Waals surface area contributed by atoms with E-state index < -0.39 is 48.3 Å². The van der Waals surface area contributed by atoms with Crippen LogP contribution in [0.4, 0.5) is 0 Å². The number of fused-ring (bicyclic) bond motifs is 16. The minimum atomic E-state index is -0.965. The van der Waals surface area contributed by atoms with Crippen LogP contribution in [0.1, 0.15) is 209 Å². The van der Waals surface area contributed by atoms with Crippen LogP contribution in [0.2, 0.25) is 0 Å². The number of nitrogens with one attached hydrogen (secondary N) is 4. The van der Waals surface area contributed by atoms with Crippen LogP contribution in [0.15, 0.2) is 48.5 Å². The average Bonchev–Trinajstić information content (AvgIpc) is 1.69. The Bertz CT molecular complexity index is 4430. The van der Waals surface area contributed by atoms with Crippen LogP contribution in [0.5, 0.6) is 0 Å². The van der Waals surface area contributed by atoms with E-state index in [9.17, 15) is 49.8 Å². The van der Waals surface area contributed by atoms with Crippen molar-refractivity contribution in [2.75, 3.05) is 0 Å². The molecule has 4 unspecified atom stereocenters. The molecule has 19 nitrogen and oxygen atoms in total. The number of aliphatic carboxylic acids is 4. The number of hydrogen-bond acceptors (Lipinski definition) is 11. The van der Waals surface area contributed by atoms with Gasteiger partial charge in [-0.25, -0.2) is 19.9 Å². The Hall–Kier alpha value is -8.04. The van der Waals surface area contributed by atoms with Crippen molar-refractivity contribution in [2.45, 2.75) is 159 Å². The van der Waals surface area contributed by atoms with Gasteiger partial charge in [-0.1, -0.05) is 0 Å². The van der Waals surface area contributed by atoms with Crippen molar-refractivity contribution in [3.05, 3.63) is 139 Å². The largest absolute Gasteiger partial charge is 1.00 e. The molecule has 6 aromatic heterocycles. The number of aromatic nitrogens is 8. The molecule has 452 valence electrons. The fourth-order valence-electron chi connectivity index (χ4n) is 13.0. The van der Waals surface area contributed by atoms with Gasteiger partial charge in [-0.15, -0.1) is 0 Å². The first-order valence-electron chi connectivity index (χ1n) is 29.4. The number of carbonyl (C=O) groups is 4. The molecule has 20 heteroatoms. The summed E-state index contributed by atoms with van der Waals surface area (Å²) in [4.78, 5) is 83.2. The van der Waals surface area contributed by atoms with Gasteiger partial charge < -0.3 is 55.3 Å². The summed E-state index contributed by atoms with van der Waals surface area (Å²) in [5.74, 6) is -3.83. The Morgan fingerprint density at radius 2 is 0.705 bits per heavy atom. The summed E-state index contributed by atoms with van der Waals surface area (Å²) in [5.41, 5.74) is 22.4. The minimum absolute atomic E-state index is 0. The van der Waals surface area contributed by atoms with E-state index in [2.05, 4.69) is 19.9 Å². The number of aliphatic hydroxyl groups is 2. The summed E-state index contributed by atoms with van der Waals surface area (Å²) >= 11 is 0. The molecule has 0 aliphatic carbocycles. The Morgan fingerprint density at radius 3 is 1.16 bits per heavy atom. The topological polar surface area (TPSA) is 314 Å². The molecule has 6 aromatic rings. The molecule has 10 N–H and O–H groups in total. The standard InChI is InChI=1S/C68H74N8O11.Na/c1-29-41(13-17-61(79)80)53-28-56-44(16-20-64(85)86)32(4)48(72-56)24-59-68(36(8)52(76-59)25-58-65(37(9)77)33(5)49(73-58)21-45(29)69-53)40(12)87-39(11)67-35(7)50-22-46-30(2)42(14-18-62(81)82)54(70-46)27-55-43(15-19-63(83)84)31(3)47(71-55)23-57-66(38(10)78)34(6)51(74-57)26-60(67)75-50;/h21-28,37-40,71,73-74,76-78H,13-20H2,1-12H3,(H,79,80)(H,81,82)(H,83,84)(H,85,86);/q;+1. The van der Waals surface area contributed by atoms with E-state index in [-0.39, 0.29) is 80.9 Å². The van der Waals surface area contributed by atoms with Crippen molar-refractivity contribution in [1.29, 1.82) is 0 Å². The van der Waals surface area contributed by atoms with Crippen LogP contribution < -0.4 is 29.6 Å². The molecule has 88 heavy (non-hydrogen) atoms. The minimum Gasteiger partial charge on any atom is -0.481 e. The van der Waals surface area contributed by atoms with Crippen LogP contribution in [-0.4, -0.2) is 100 Å². The van der Waals surface area contributed by atoms with Crippen molar-refractivity contribution in [2.24, 2.45) is 0 Å². The molecule has 0 spiro atoms. The molecule has 4 atom stereocenters.